The summed E-state index contributed by atoms with van der Waals surface area (Å²) in [5.74, 6) is -0.836. The van der Waals surface area contributed by atoms with Crippen LogP contribution in [0.4, 0.5) is 5.69 Å². The molecule has 0 aromatic carbocycles. The predicted molar refractivity (Wildman–Crippen MR) is 69.7 cm³/mol. The van der Waals surface area contributed by atoms with Crippen molar-refractivity contribution in [1.29, 1.82) is 0 Å². The van der Waals surface area contributed by atoms with Crippen molar-refractivity contribution in [3.63, 3.8) is 0 Å². The molecule has 94 valence electrons. The fourth-order valence-corrected chi connectivity index (χ4v) is 1.97. The number of hydrogen-bond donors (Lipinski definition) is 1. The van der Waals surface area contributed by atoms with Crippen molar-refractivity contribution < 1.29 is 9.90 Å². The summed E-state index contributed by atoms with van der Waals surface area (Å²) in [5, 5.41) is 9.85. The van der Waals surface area contributed by atoms with Crippen LogP contribution in [-0.2, 0) is 4.79 Å². The second kappa shape index (κ2) is 5.44. The van der Waals surface area contributed by atoms with Gasteiger partial charge in [0.15, 0.2) is 0 Å². The molecular formula is C13H15N3O2. The number of aliphatic carboxylic acids is 1. The fraction of sp³-hybridized carbons (Fsp3) is 0.308. The van der Waals surface area contributed by atoms with Crippen LogP contribution in [0.1, 0.15) is 13.3 Å². The first-order valence-electron chi connectivity index (χ1n) is 5.88. The largest absolute Gasteiger partial charge is 0.480 e. The third-order valence-electron chi connectivity index (χ3n) is 2.68. The van der Waals surface area contributed by atoms with Crippen LogP contribution in [0.25, 0.3) is 10.9 Å². The van der Waals surface area contributed by atoms with Crippen molar-refractivity contribution in [2.45, 2.75) is 13.3 Å². The second-order valence-electron chi connectivity index (χ2n) is 4.04. The molecular weight excluding hydrogens is 230 g/mol. The molecule has 0 aliphatic rings. The van der Waals surface area contributed by atoms with E-state index in [2.05, 4.69) is 9.97 Å². The Balaban J connectivity index is 2.46. The van der Waals surface area contributed by atoms with Gasteiger partial charge in [-0.3, -0.25) is 14.8 Å². The van der Waals surface area contributed by atoms with Gasteiger partial charge in [0.05, 0.1) is 5.52 Å². The van der Waals surface area contributed by atoms with Gasteiger partial charge in [-0.05, 0) is 18.6 Å². The highest BCUT2D eigenvalue weighted by Crippen LogP contribution is 2.24. The van der Waals surface area contributed by atoms with E-state index in [0.29, 0.717) is 6.54 Å². The average Bonchev–Trinajstić information content (AvgIpc) is 2.37. The predicted octanol–water partition coefficient (Wildman–Crippen LogP) is 1.93. The van der Waals surface area contributed by atoms with Gasteiger partial charge in [0.25, 0.3) is 0 Å². The van der Waals surface area contributed by atoms with E-state index in [4.69, 9.17) is 5.11 Å². The molecule has 1 N–H and O–H groups in total. The third-order valence-corrected chi connectivity index (χ3v) is 2.68. The Morgan fingerprint density at radius 3 is 2.94 bits per heavy atom. The molecule has 0 saturated carbocycles. The lowest BCUT2D eigenvalue weighted by Gasteiger charge is -2.23. The number of carbonyl (C=O) groups is 1. The maximum absolute atomic E-state index is 10.9. The van der Waals surface area contributed by atoms with Gasteiger partial charge in [0, 0.05) is 36.2 Å². The summed E-state index contributed by atoms with van der Waals surface area (Å²) in [4.78, 5) is 21.1. The molecule has 0 radical (unpaired) electrons. The first-order valence-corrected chi connectivity index (χ1v) is 5.88. The van der Waals surface area contributed by atoms with Crippen LogP contribution in [0, 0.1) is 0 Å². The molecule has 0 spiro atoms. The van der Waals surface area contributed by atoms with Crippen molar-refractivity contribution >= 4 is 22.6 Å². The number of nitrogens with zero attached hydrogens (tertiary/aromatic N) is 3. The molecule has 2 heterocycles. The molecule has 2 rings (SSSR count). The summed E-state index contributed by atoms with van der Waals surface area (Å²) >= 11 is 0. The first kappa shape index (κ1) is 12.3. The number of rotatable bonds is 5. The second-order valence-corrected chi connectivity index (χ2v) is 4.04. The van der Waals surface area contributed by atoms with E-state index in [1.807, 2.05) is 24.0 Å². The minimum absolute atomic E-state index is 0.0121. The van der Waals surface area contributed by atoms with Gasteiger partial charge in [-0.25, -0.2) is 0 Å². The number of fused-ring (bicyclic) bond motifs is 1. The molecule has 0 amide bonds. The molecule has 2 aromatic heterocycles. The Labute approximate surface area is 105 Å². The standard InChI is InChI=1S/C13H15N3O2/c1-2-7-16(9-13(17)18)12-4-6-15-11-3-5-14-8-10(11)12/h3-6,8H,2,7,9H2,1H3,(H,17,18). The van der Waals surface area contributed by atoms with Crippen molar-refractivity contribution in [2.24, 2.45) is 0 Å². The SMILES string of the molecule is CCCN(CC(=O)O)c1ccnc2ccncc12. The summed E-state index contributed by atoms with van der Waals surface area (Å²) in [6.45, 7) is 2.71. The zero-order valence-electron chi connectivity index (χ0n) is 10.2. The van der Waals surface area contributed by atoms with E-state index >= 15 is 0 Å². The zero-order valence-corrected chi connectivity index (χ0v) is 10.2. The first-order chi connectivity index (χ1) is 8.72. The molecule has 5 heteroatoms. The number of carboxylic acids is 1. The fourth-order valence-electron chi connectivity index (χ4n) is 1.97. The van der Waals surface area contributed by atoms with Gasteiger partial charge in [0.2, 0.25) is 0 Å². The number of pyridine rings is 2. The monoisotopic (exact) mass is 245 g/mol. The van der Waals surface area contributed by atoms with Crippen LogP contribution in [0.5, 0.6) is 0 Å². The summed E-state index contributed by atoms with van der Waals surface area (Å²) in [6, 6.07) is 3.66. The number of carboxylic acid groups (broad SMARTS) is 1. The minimum Gasteiger partial charge on any atom is -0.480 e. The molecule has 2 aromatic rings. The van der Waals surface area contributed by atoms with E-state index in [1.54, 1.807) is 18.6 Å². The highest BCUT2D eigenvalue weighted by Gasteiger charge is 2.12. The Morgan fingerprint density at radius 1 is 1.39 bits per heavy atom. The average molecular weight is 245 g/mol. The van der Waals surface area contributed by atoms with Gasteiger partial charge < -0.3 is 10.0 Å². The number of hydrogen-bond acceptors (Lipinski definition) is 4. The molecule has 5 nitrogen and oxygen atoms in total. The molecule has 0 aliphatic heterocycles. The normalized spacial score (nSPS) is 10.5. The summed E-state index contributed by atoms with van der Waals surface area (Å²) in [7, 11) is 0. The smallest absolute Gasteiger partial charge is 0.323 e. The van der Waals surface area contributed by atoms with Crippen molar-refractivity contribution in [3.8, 4) is 0 Å². The van der Waals surface area contributed by atoms with Gasteiger partial charge in [-0.1, -0.05) is 6.92 Å². The summed E-state index contributed by atoms with van der Waals surface area (Å²) in [5.41, 5.74) is 1.70. The summed E-state index contributed by atoms with van der Waals surface area (Å²) in [6.07, 6.45) is 5.99. The highest BCUT2D eigenvalue weighted by atomic mass is 16.4. The van der Waals surface area contributed by atoms with E-state index in [9.17, 15) is 4.79 Å². The minimum atomic E-state index is -0.836. The highest BCUT2D eigenvalue weighted by molar-refractivity contribution is 5.92. The zero-order chi connectivity index (χ0) is 13.0. The lowest BCUT2D eigenvalue weighted by Crippen LogP contribution is -2.30. The van der Waals surface area contributed by atoms with Gasteiger partial charge in [-0.2, -0.15) is 0 Å². The third kappa shape index (κ3) is 2.56. The summed E-state index contributed by atoms with van der Waals surface area (Å²) < 4.78 is 0. The van der Waals surface area contributed by atoms with Crippen LogP contribution in [0.3, 0.4) is 0 Å². The molecule has 0 atom stereocenters. The number of aromatic nitrogens is 2. The van der Waals surface area contributed by atoms with Crippen LogP contribution in [0.15, 0.2) is 30.7 Å². The Kier molecular flexibility index (Phi) is 3.72. The van der Waals surface area contributed by atoms with Crippen LogP contribution in [0.2, 0.25) is 0 Å². The Hall–Kier alpha value is -2.17. The lowest BCUT2D eigenvalue weighted by molar-refractivity contribution is -0.135. The molecule has 0 bridgehead atoms. The molecule has 18 heavy (non-hydrogen) atoms. The van der Waals surface area contributed by atoms with Crippen molar-refractivity contribution in [2.75, 3.05) is 18.0 Å². The molecule has 0 fully saturated rings. The van der Waals surface area contributed by atoms with Crippen LogP contribution in [-0.4, -0.2) is 34.1 Å². The topological polar surface area (TPSA) is 66.3 Å². The van der Waals surface area contributed by atoms with E-state index < -0.39 is 5.97 Å². The maximum atomic E-state index is 10.9. The van der Waals surface area contributed by atoms with Crippen LogP contribution < -0.4 is 4.90 Å². The molecule has 0 aliphatic carbocycles. The quantitative estimate of drug-likeness (QED) is 0.871. The molecule has 0 saturated heterocycles. The van der Waals surface area contributed by atoms with Crippen molar-refractivity contribution in [3.05, 3.63) is 30.7 Å². The van der Waals surface area contributed by atoms with Gasteiger partial charge in [0.1, 0.15) is 6.54 Å². The van der Waals surface area contributed by atoms with E-state index in [-0.39, 0.29) is 6.54 Å². The lowest BCUT2D eigenvalue weighted by atomic mass is 10.2. The Bertz CT molecular complexity index is 551. The van der Waals surface area contributed by atoms with E-state index in [1.165, 1.54) is 0 Å². The number of anilines is 1. The van der Waals surface area contributed by atoms with Gasteiger partial charge >= 0.3 is 5.97 Å². The van der Waals surface area contributed by atoms with Gasteiger partial charge in [-0.15, -0.1) is 0 Å². The van der Waals surface area contributed by atoms with Crippen LogP contribution >= 0.6 is 0 Å². The van der Waals surface area contributed by atoms with E-state index in [0.717, 1.165) is 23.0 Å². The Morgan fingerprint density at radius 2 is 2.22 bits per heavy atom. The molecule has 0 unspecified atom stereocenters. The maximum Gasteiger partial charge on any atom is 0.323 e. The van der Waals surface area contributed by atoms with Crippen molar-refractivity contribution in [1.82, 2.24) is 9.97 Å².